The van der Waals surface area contributed by atoms with Crippen molar-refractivity contribution in [2.75, 3.05) is 12.8 Å². The third kappa shape index (κ3) is 5.40. The van der Waals surface area contributed by atoms with Gasteiger partial charge in [0.2, 0.25) is 0 Å². The summed E-state index contributed by atoms with van der Waals surface area (Å²) in [5.74, 6) is 6.70. The van der Waals surface area contributed by atoms with E-state index < -0.39 is 0 Å². The number of fused-ring (bicyclic) bond motifs is 2. The summed E-state index contributed by atoms with van der Waals surface area (Å²) in [7, 11) is 3.86. The number of benzene rings is 1. The zero-order valence-corrected chi connectivity index (χ0v) is 22.5. The Kier molecular flexibility index (Phi) is 7.45. The van der Waals surface area contributed by atoms with Crippen LogP contribution in [-0.2, 0) is 7.05 Å². The summed E-state index contributed by atoms with van der Waals surface area (Å²) >= 11 is 1.64. The molecule has 6 rings (SSSR count). The fraction of sp³-hybridized carbons (Fsp3) is 0.138. The zero-order chi connectivity index (χ0) is 27.4. The fourth-order valence-corrected chi connectivity index (χ4v) is 4.91. The van der Waals surface area contributed by atoms with Crippen LogP contribution in [0.1, 0.15) is 40.1 Å². The van der Waals surface area contributed by atoms with E-state index >= 15 is 0 Å². The van der Waals surface area contributed by atoms with E-state index in [9.17, 15) is 4.79 Å². The lowest BCUT2D eigenvalue weighted by Crippen LogP contribution is -2.15. The minimum absolute atomic E-state index is 0.164. The number of nitrogens with two attached hydrogens (primary N) is 1. The van der Waals surface area contributed by atoms with Crippen molar-refractivity contribution in [1.29, 1.82) is 0 Å². The van der Waals surface area contributed by atoms with E-state index in [2.05, 4.69) is 74.9 Å². The van der Waals surface area contributed by atoms with E-state index in [1.807, 2.05) is 26.4 Å². The number of hydrogen-bond acceptors (Lipinski definition) is 8. The molecule has 0 radical (unpaired) electrons. The van der Waals surface area contributed by atoms with Crippen molar-refractivity contribution in [3.05, 3.63) is 95.3 Å². The minimum atomic E-state index is 0.164. The fourth-order valence-electron chi connectivity index (χ4n) is 4.05. The molecule has 0 saturated carbocycles. The summed E-state index contributed by atoms with van der Waals surface area (Å²) in [5, 5.41) is 10.7. The van der Waals surface area contributed by atoms with Crippen molar-refractivity contribution < 1.29 is 4.79 Å². The topological polar surface area (TPSA) is 116 Å². The molecule has 0 aliphatic rings. The molecule has 0 amide bonds. The van der Waals surface area contributed by atoms with Crippen LogP contribution < -0.4 is 11.1 Å². The highest BCUT2D eigenvalue weighted by molar-refractivity contribution is 7.17. The van der Waals surface area contributed by atoms with Gasteiger partial charge in [-0.25, -0.2) is 15.0 Å². The first-order valence-electron chi connectivity index (χ1n) is 12.2. The van der Waals surface area contributed by atoms with Gasteiger partial charge < -0.3 is 11.1 Å². The first-order chi connectivity index (χ1) is 19.0. The second-order valence-electron chi connectivity index (χ2n) is 8.77. The maximum Gasteiger partial charge on any atom is 0.157 e. The molecule has 39 heavy (non-hydrogen) atoms. The van der Waals surface area contributed by atoms with Crippen LogP contribution in [0.3, 0.4) is 0 Å². The predicted molar refractivity (Wildman–Crippen MR) is 155 cm³/mol. The molecular weight excluding hydrogens is 508 g/mol. The lowest BCUT2D eigenvalue weighted by Gasteiger charge is -2.15. The van der Waals surface area contributed by atoms with Crippen LogP contribution in [0.25, 0.3) is 27.0 Å². The second-order valence-corrected chi connectivity index (χ2v) is 9.63. The molecule has 1 atom stereocenters. The third-order valence-electron chi connectivity index (χ3n) is 6.19. The van der Waals surface area contributed by atoms with Gasteiger partial charge in [-0.05, 0) is 25.6 Å². The Morgan fingerprint density at radius 2 is 2.00 bits per heavy atom. The lowest BCUT2D eigenvalue weighted by molar-refractivity contribution is 0.112. The smallest absolute Gasteiger partial charge is 0.157 e. The molecular formula is C29H26N8OS. The van der Waals surface area contributed by atoms with Gasteiger partial charge in [-0.3, -0.25) is 13.9 Å². The third-order valence-corrected chi connectivity index (χ3v) is 7.08. The van der Waals surface area contributed by atoms with Crippen LogP contribution in [0.15, 0.2) is 72.9 Å². The highest BCUT2D eigenvalue weighted by Crippen LogP contribution is 2.33. The average molecular weight is 535 g/mol. The van der Waals surface area contributed by atoms with Crippen LogP contribution in [0.5, 0.6) is 0 Å². The molecule has 9 nitrogen and oxygen atoms in total. The molecule has 10 heteroatoms. The number of rotatable bonds is 4. The number of aromatic nitrogens is 6. The molecule has 1 aromatic carbocycles. The van der Waals surface area contributed by atoms with E-state index in [4.69, 9.17) is 10.7 Å². The molecule has 1 unspecified atom stereocenters. The molecule has 0 spiro atoms. The molecule has 0 aliphatic heterocycles. The maximum atomic E-state index is 10.6. The summed E-state index contributed by atoms with van der Waals surface area (Å²) in [4.78, 5) is 24.3. The van der Waals surface area contributed by atoms with Crippen molar-refractivity contribution in [3.8, 4) is 23.0 Å². The Morgan fingerprint density at radius 1 is 1.18 bits per heavy atom. The van der Waals surface area contributed by atoms with E-state index in [0.29, 0.717) is 17.5 Å². The summed E-state index contributed by atoms with van der Waals surface area (Å²) in [6.07, 6.45) is 9.16. The molecule has 194 valence electrons. The normalized spacial score (nSPS) is 11.5. The monoisotopic (exact) mass is 534 g/mol. The molecule has 5 aromatic heterocycles. The number of anilines is 1. The number of hydrogen-bond donors (Lipinski definition) is 2. The Labute approximate surface area is 229 Å². The Hall–Kier alpha value is -4.85. The van der Waals surface area contributed by atoms with Crippen LogP contribution in [0, 0.1) is 11.8 Å². The highest BCUT2D eigenvalue weighted by Gasteiger charge is 2.16. The quantitative estimate of drug-likeness (QED) is 0.253. The summed E-state index contributed by atoms with van der Waals surface area (Å²) in [5.41, 5.74) is 11.6. The Balaban J connectivity index is 0.000000214. The molecule has 0 aliphatic carbocycles. The highest BCUT2D eigenvalue weighted by atomic mass is 32.1. The number of aryl methyl sites for hydroxylation is 1. The van der Waals surface area contributed by atoms with Crippen molar-refractivity contribution in [2.24, 2.45) is 7.05 Å². The van der Waals surface area contributed by atoms with Gasteiger partial charge in [-0.1, -0.05) is 42.2 Å². The van der Waals surface area contributed by atoms with Crippen molar-refractivity contribution in [3.63, 3.8) is 0 Å². The second kappa shape index (κ2) is 11.3. The Morgan fingerprint density at radius 3 is 2.72 bits per heavy atom. The number of nitrogens with one attached hydrogen (secondary N) is 1. The van der Waals surface area contributed by atoms with Crippen LogP contribution >= 0.6 is 11.3 Å². The largest absolute Gasteiger partial charge is 0.383 e. The van der Waals surface area contributed by atoms with Gasteiger partial charge in [-0.15, -0.1) is 11.3 Å². The maximum absolute atomic E-state index is 10.6. The number of carbonyl (C=O) groups is 1. The number of thiophene rings is 1. The Bertz CT molecular complexity index is 1820. The van der Waals surface area contributed by atoms with Crippen molar-refractivity contribution in [2.45, 2.75) is 13.0 Å². The SMILES string of the molecule is CNC(C)c1nc2scc(C#Cc3cnn(C)c3)c2cc1-c1ccccc1.Nc1ncn2ccnc2c1C=O. The van der Waals surface area contributed by atoms with Gasteiger partial charge in [0.15, 0.2) is 11.9 Å². The molecule has 3 N–H and O–H groups in total. The van der Waals surface area contributed by atoms with E-state index in [1.165, 1.54) is 11.9 Å². The van der Waals surface area contributed by atoms with Crippen LogP contribution in [0.2, 0.25) is 0 Å². The molecule has 0 bridgehead atoms. The zero-order valence-electron chi connectivity index (χ0n) is 21.7. The van der Waals surface area contributed by atoms with Gasteiger partial charge in [0.25, 0.3) is 0 Å². The van der Waals surface area contributed by atoms with E-state index in [1.54, 1.807) is 39.0 Å². The number of pyridine rings is 1. The molecule has 0 fully saturated rings. The molecule has 6 aromatic rings. The van der Waals surface area contributed by atoms with Crippen molar-refractivity contribution >= 4 is 39.3 Å². The number of nitrogens with zero attached hydrogens (tertiary/aromatic N) is 6. The lowest BCUT2D eigenvalue weighted by atomic mass is 9.99. The summed E-state index contributed by atoms with van der Waals surface area (Å²) in [6, 6.07) is 12.8. The van der Waals surface area contributed by atoms with Crippen molar-refractivity contribution in [1.82, 2.24) is 34.4 Å². The molecule has 5 heterocycles. The summed E-state index contributed by atoms with van der Waals surface area (Å²) < 4.78 is 3.40. The van der Waals surface area contributed by atoms with Crippen LogP contribution in [-0.4, -0.2) is 42.5 Å². The standard InChI is InChI=1S/C22H20N4S.C7H6N4O/c1-15(23-2)21-19(17-7-5-4-6-8-17)11-20-18(14-27-22(20)25-21)10-9-16-12-24-26(3)13-16;8-6-5(3-12)7-9-1-2-11(7)4-10-6/h4-8,11-15,23H,1-3H3;1-4H,8H2. The predicted octanol–water partition coefficient (Wildman–Crippen LogP) is 4.50. The minimum Gasteiger partial charge on any atom is -0.383 e. The van der Waals surface area contributed by atoms with E-state index in [0.717, 1.165) is 32.6 Å². The summed E-state index contributed by atoms with van der Waals surface area (Å²) in [6.45, 7) is 2.14. The van der Waals surface area contributed by atoms with Gasteiger partial charge in [0.05, 0.1) is 23.0 Å². The number of imidazole rings is 1. The van der Waals surface area contributed by atoms with Gasteiger partial charge in [0.1, 0.15) is 17.0 Å². The van der Waals surface area contributed by atoms with Crippen LogP contribution in [0.4, 0.5) is 5.82 Å². The number of carbonyl (C=O) groups excluding carboxylic acids is 1. The number of nitrogen functional groups attached to an aromatic ring is 1. The van der Waals surface area contributed by atoms with E-state index in [-0.39, 0.29) is 11.9 Å². The first-order valence-corrected chi connectivity index (χ1v) is 13.0. The van der Waals surface area contributed by atoms with Gasteiger partial charge in [-0.2, -0.15) is 5.10 Å². The number of aldehydes is 1. The van der Waals surface area contributed by atoms with Gasteiger partial charge in [0, 0.05) is 53.6 Å². The van der Waals surface area contributed by atoms with Gasteiger partial charge >= 0.3 is 0 Å². The average Bonchev–Trinajstić information content (AvgIpc) is 3.71. The first kappa shape index (κ1) is 25.8. The molecule has 0 saturated heterocycles.